The highest BCUT2D eigenvalue weighted by molar-refractivity contribution is 7.10. The lowest BCUT2D eigenvalue weighted by atomic mass is 10.1. The Morgan fingerprint density at radius 2 is 1.76 bits per heavy atom. The maximum Gasteiger partial charge on any atom is 0.230 e. The third-order valence-corrected chi connectivity index (χ3v) is 4.51. The summed E-state index contributed by atoms with van der Waals surface area (Å²) >= 11 is 1.57. The number of amides is 1. The quantitative estimate of drug-likeness (QED) is 0.606. The summed E-state index contributed by atoms with van der Waals surface area (Å²) in [6.07, 6.45) is 2.40. The van der Waals surface area contributed by atoms with Crippen molar-refractivity contribution in [2.45, 2.75) is 19.3 Å². The number of aryl methyl sites for hydroxylation is 1. The van der Waals surface area contributed by atoms with Gasteiger partial charge < -0.3 is 10.6 Å². The number of carbonyl (C=O) groups excluding carboxylic acids is 1. The molecule has 0 aliphatic carbocycles. The van der Waals surface area contributed by atoms with E-state index in [2.05, 4.69) is 45.1 Å². The summed E-state index contributed by atoms with van der Waals surface area (Å²) in [5.74, 6) is 1.10. The first kappa shape index (κ1) is 17.1. The van der Waals surface area contributed by atoms with Gasteiger partial charge in [0.1, 0.15) is 5.82 Å². The molecular formula is C19H20N4OS. The Bertz CT molecular complexity index is 773. The van der Waals surface area contributed by atoms with Crippen LogP contribution in [0.1, 0.15) is 16.9 Å². The maximum absolute atomic E-state index is 11.9. The summed E-state index contributed by atoms with van der Waals surface area (Å²) in [7, 11) is 0. The Balaban J connectivity index is 1.40. The van der Waals surface area contributed by atoms with E-state index in [0.717, 1.165) is 24.3 Å². The van der Waals surface area contributed by atoms with Crippen LogP contribution in [0.3, 0.4) is 0 Å². The lowest BCUT2D eigenvalue weighted by molar-refractivity contribution is -0.115. The molecule has 0 saturated heterocycles. The summed E-state index contributed by atoms with van der Waals surface area (Å²) in [5, 5.41) is 16.1. The smallest absolute Gasteiger partial charge is 0.230 e. The molecule has 25 heavy (non-hydrogen) atoms. The number of rotatable bonds is 8. The number of hydrogen-bond donors (Lipinski definition) is 2. The summed E-state index contributed by atoms with van der Waals surface area (Å²) < 4.78 is 0. The van der Waals surface area contributed by atoms with Crippen molar-refractivity contribution in [2.75, 3.05) is 17.2 Å². The zero-order valence-corrected chi connectivity index (χ0v) is 14.6. The lowest BCUT2D eigenvalue weighted by Gasteiger charge is -2.06. The maximum atomic E-state index is 11.9. The number of anilines is 2. The van der Waals surface area contributed by atoms with Gasteiger partial charge in [0.25, 0.3) is 0 Å². The van der Waals surface area contributed by atoms with E-state index in [9.17, 15) is 4.79 Å². The van der Waals surface area contributed by atoms with Crippen LogP contribution in [0.25, 0.3) is 0 Å². The summed E-state index contributed by atoms with van der Waals surface area (Å²) in [6.45, 7) is 0.827. The lowest BCUT2D eigenvalue weighted by Crippen LogP contribution is -2.15. The van der Waals surface area contributed by atoms with Crippen molar-refractivity contribution in [1.82, 2.24) is 10.2 Å². The number of carbonyl (C=O) groups is 1. The largest absolute Gasteiger partial charge is 0.369 e. The third kappa shape index (κ3) is 5.69. The molecule has 0 saturated carbocycles. The number of aromatic nitrogens is 2. The van der Waals surface area contributed by atoms with E-state index in [4.69, 9.17) is 0 Å². The fraction of sp³-hybridized carbons (Fsp3) is 0.211. The minimum Gasteiger partial charge on any atom is -0.369 e. The van der Waals surface area contributed by atoms with Crippen molar-refractivity contribution in [3.05, 3.63) is 70.4 Å². The molecule has 0 aliphatic heterocycles. The van der Waals surface area contributed by atoms with Crippen molar-refractivity contribution < 1.29 is 4.79 Å². The van der Waals surface area contributed by atoms with E-state index in [1.807, 2.05) is 29.6 Å². The van der Waals surface area contributed by atoms with Gasteiger partial charge in [-0.25, -0.2) is 0 Å². The number of nitrogens with one attached hydrogen (secondary N) is 2. The van der Waals surface area contributed by atoms with Gasteiger partial charge in [0, 0.05) is 11.4 Å². The van der Waals surface area contributed by atoms with Gasteiger partial charge in [-0.2, -0.15) is 0 Å². The van der Waals surface area contributed by atoms with E-state index >= 15 is 0 Å². The van der Waals surface area contributed by atoms with Gasteiger partial charge in [-0.05, 0) is 42.0 Å². The minimum absolute atomic E-state index is 0.0830. The highest BCUT2D eigenvalue weighted by Crippen LogP contribution is 2.11. The molecule has 0 radical (unpaired) electrons. The molecule has 1 amide bonds. The van der Waals surface area contributed by atoms with Gasteiger partial charge in [-0.15, -0.1) is 21.5 Å². The Kier molecular flexibility index (Phi) is 6.11. The number of thiophene rings is 1. The van der Waals surface area contributed by atoms with Crippen molar-refractivity contribution in [3.63, 3.8) is 0 Å². The van der Waals surface area contributed by atoms with Gasteiger partial charge in [0.15, 0.2) is 5.82 Å². The summed E-state index contributed by atoms with van der Waals surface area (Å²) in [6, 6.07) is 17.9. The number of nitrogens with zero attached hydrogens (tertiary/aromatic N) is 2. The van der Waals surface area contributed by atoms with E-state index in [1.165, 1.54) is 5.56 Å². The van der Waals surface area contributed by atoms with Crippen LogP contribution >= 0.6 is 11.3 Å². The van der Waals surface area contributed by atoms with Gasteiger partial charge >= 0.3 is 0 Å². The van der Waals surface area contributed by atoms with Crippen molar-refractivity contribution in [2.24, 2.45) is 0 Å². The molecule has 2 aromatic heterocycles. The predicted octanol–water partition coefficient (Wildman–Crippen LogP) is 3.76. The second-order valence-corrected chi connectivity index (χ2v) is 6.66. The van der Waals surface area contributed by atoms with Crippen LogP contribution in [0.4, 0.5) is 11.6 Å². The molecule has 0 spiro atoms. The summed E-state index contributed by atoms with van der Waals surface area (Å²) in [5.41, 5.74) is 1.33. The van der Waals surface area contributed by atoms with Crippen LogP contribution in [0.5, 0.6) is 0 Å². The molecule has 3 rings (SSSR count). The molecule has 2 N–H and O–H groups in total. The molecule has 0 bridgehead atoms. The first-order valence-electron chi connectivity index (χ1n) is 8.23. The molecule has 1 aromatic carbocycles. The molecule has 6 heteroatoms. The first-order chi connectivity index (χ1) is 12.3. The SMILES string of the molecule is O=C(Cc1cccs1)Nc1ccc(NCCCc2ccccc2)nn1. The molecule has 5 nitrogen and oxygen atoms in total. The van der Waals surface area contributed by atoms with Crippen molar-refractivity contribution in [1.29, 1.82) is 0 Å². The van der Waals surface area contributed by atoms with Gasteiger partial charge in [0.2, 0.25) is 5.91 Å². The first-order valence-corrected chi connectivity index (χ1v) is 9.11. The van der Waals surface area contributed by atoms with E-state index < -0.39 is 0 Å². The Hall–Kier alpha value is -2.73. The molecule has 0 aliphatic rings. The third-order valence-electron chi connectivity index (χ3n) is 3.64. The Morgan fingerprint density at radius 3 is 2.48 bits per heavy atom. The highest BCUT2D eigenvalue weighted by Gasteiger charge is 2.06. The van der Waals surface area contributed by atoms with E-state index in [-0.39, 0.29) is 5.91 Å². The van der Waals surface area contributed by atoms with Crippen LogP contribution in [-0.4, -0.2) is 22.6 Å². The van der Waals surface area contributed by atoms with E-state index in [1.54, 1.807) is 17.4 Å². The van der Waals surface area contributed by atoms with Crippen molar-refractivity contribution in [3.8, 4) is 0 Å². The molecule has 0 unspecified atom stereocenters. The van der Waals surface area contributed by atoms with Crippen LogP contribution < -0.4 is 10.6 Å². The average Bonchev–Trinajstić information content (AvgIpc) is 3.14. The van der Waals surface area contributed by atoms with E-state index in [0.29, 0.717) is 18.1 Å². The second kappa shape index (κ2) is 8.94. The fourth-order valence-corrected chi connectivity index (χ4v) is 3.11. The Labute approximate surface area is 151 Å². The number of hydrogen-bond acceptors (Lipinski definition) is 5. The molecular weight excluding hydrogens is 332 g/mol. The van der Waals surface area contributed by atoms with Crippen LogP contribution in [0.2, 0.25) is 0 Å². The van der Waals surface area contributed by atoms with Crippen LogP contribution in [0.15, 0.2) is 60.0 Å². The predicted molar refractivity (Wildman–Crippen MR) is 102 cm³/mol. The van der Waals surface area contributed by atoms with Gasteiger partial charge in [-0.3, -0.25) is 4.79 Å². The zero-order chi connectivity index (χ0) is 17.3. The Morgan fingerprint density at radius 1 is 0.960 bits per heavy atom. The standard InChI is InChI=1S/C19H20N4OS/c24-19(14-16-9-5-13-25-16)21-18-11-10-17(22-23-18)20-12-4-8-15-6-2-1-3-7-15/h1-3,5-7,9-11,13H,4,8,12,14H2,(H,20,22)(H,21,23,24). The molecule has 0 atom stereocenters. The molecule has 0 fully saturated rings. The highest BCUT2D eigenvalue weighted by atomic mass is 32.1. The zero-order valence-electron chi connectivity index (χ0n) is 13.8. The minimum atomic E-state index is -0.0830. The average molecular weight is 352 g/mol. The summed E-state index contributed by atoms with van der Waals surface area (Å²) in [4.78, 5) is 13.0. The molecule has 3 aromatic rings. The fourth-order valence-electron chi connectivity index (χ4n) is 2.41. The second-order valence-electron chi connectivity index (χ2n) is 5.62. The molecule has 128 valence electrons. The van der Waals surface area contributed by atoms with Gasteiger partial charge in [0.05, 0.1) is 6.42 Å². The van der Waals surface area contributed by atoms with Crippen LogP contribution in [0, 0.1) is 0 Å². The topological polar surface area (TPSA) is 66.9 Å². The number of benzene rings is 1. The van der Waals surface area contributed by atoms with Gasteiger partial charge in [-0.1, -0.05) is 36.4 Å². The van der Waals surface area contributed by atoms with Crippen molar-refractivity contribution >= 4 is 28.9 Å². The monoisotopic (exact) mass is 352 g/mol. The van der Waals surface area contributed by atoms with Crippen LogP contribution in [-0.2, 0) is 17.6 Å². The normalized spacial score (nSPS) is 10.4. The molecule has 2 heterocycles.